The summed E-state index contributed by atoms with van der Waals surface area (Å²) in [6, 6.07) is 10.5. The molecular weight excluding hydrogens is 540 g/mol. The van der Waals surface area contributed by atoms with Crippen molar-refractivity contribution in [2.45, 2.75) is 25.4 Å². The number of benzene rings is 2. The lowest BCUT2D eigenvalue weighted by Crippen LogP contribution is -2.36. The lowest BCUT2D eigenvalue weighted by atomic mass is 9.91. The molecule has 5 rings (SSSR count). The number of imidazole rings is 1. The van der Waals surface area contributed by atoms with Crippen LogP contribution in [0.1, 0.15) is 34.5 Å². The van der Waals surface area contributed by atoms with Crippen LogP contribution in [0, 0.1) is 5.82 Å². The van der Waals surface area contributed by atoms with Crippen LogP contribution >= 0.6 is 11.6 Å². The third-order valence-electron chi connectivity index (χ3n) is 6.62. The molecule has 2 amide bonds. The van der Waals surface area contributed by atoms with Crippen molar-refractivity contribution in [1.82, 2.24) is 14.9 Å². The molecule has 2 aliphatic rings. The van der Waals surface area contributed by atoms with Crippen molar-refractivity contribution in [3.05, 3.63) is 106 Å². The van der Waals surface area contributed by atoms with Crippen molar-refractivity contribution < 1.29 is 23.5 Å². The van der Waals surface area contributed by atoms with Gasteiger partial charge >= 0.3 is 0 Å². The van der Waals surface area contributed by atoms with Crippen LogP contribution in [-0.2, 0) is 11.2 Å². The van der Waals surface area contributed by atoms with E-state index in [1.165, 1.54) is 30.4 Å². The molecule has 0 bridgehead atoms. The van der Waals surface area contributed by atoms with Crippen LogP contribution in [-0.4, -0.2) is 57.3 Å². The molecule has 0 fully saturated rings. The van der Waals surface area contributed by atoms with Gasteiger partial charge < -0.3 is 15.0 Å². The second-order valence-corrected chi connectivity index (χ2v) is 9.73. The first-order valence-electron chi connectivity index (χ1n) is 12.5. The van der Waals surface area contributed by atoms with Crippen molar-refractivity contribution in [2.24, 2.45) is 9.98 Å². The molecule has 0 radical (unpaired) electrons. The molecule has 0 spiro atoms. The van der Waals surface area contributed by atoms with E-state index in [0.717, 1.165) is 0 Å². The summed E-state index contributed by atoms with van der Waals surface area (Å²) in [5, 5.41) is 12.0. The number of aliphatic hydroxyl groups is 1. The van der Waals surface area contributed by atoms with Crippen molar-refractivity contribution in [1.29, 1.82) is 0 Å². The van der Waals surface area contributed by atoms with Crippen LogP contribution in [0.25, 0.3) is 5.69 Å². The normalized spacial score (nSPS) is 17.3. The van der Waals surface area contributed by atoms with Gasteiger partial charge in [-0.2, -0.15) is 4.99 Å². The third kappa shape index (κ3) is 5.54. The molecule has 1 aliphatic carbocycles. The number of amidine groups is 1. The van der Waals surface area contributed by atoms with Crippen LogP contribution in [0.2, 0.25) is 5.02 Å². The van der Waals surface area contributed by atoms with E-state index in [1.807, 2.05) is 0 Å². The molecule has 1 aliphatic heterocycles. The number of nitrogens with zero attached hydrogens (tertiary/aromatic N) is 4. The second-order valence-electron chi connectivity index (χ2n) is 9.32. The molecule has 11 heteroatoms. The van der Waals surface area contributed by atoms with Crippen LogP contribution in [0.3, 0.4) is 0 Å². The number of hydrogen-bond acceptors (Lipinski definition) is 5. The number of carbonyl (C=O) groups is 2. The number of hydrogen-bond donors (Lipinski definition) is 2. The smallest absolute Gasteiger partial charge is 0.280 e. The maximum atomic E-state index is 14.7. The van der Waals surface area contributed by atoms with Gasteiger partial charge in [-0.1, -0.05) is 29.8 Å². The van der Waals surface area contributed by atoms with Crippen molar-refractivity contribution in [3.63, 3.8) is 0 Å². The molecule has 40 heavy (non-hydrogen) atoms. The highest BCUT2D eigenvalue weighted by atomic mass is 35.5. The van der Waals surface area contributed by atoms with Crippen LogP contribution < -0.4 is 5.32 Å². The number of aliphatic imine (C=N–C) groups is 2. The van der Waals surface area contributed by atoms with E-state index in [9.17, 15) is 18.4 Å². The van der Waals surface area contributed by atoms with Gasteiger partial charge in [0.2, 0.25) is 0 Å². The number of fused-ring (bicyclic) bond motifs is 1. The molecule has 8 nitrogen and oxygen atoms in total. The number of allylic oxidation sites excluding steroid dienone is 3. The predicted octanol–water partition coefficient (Wildman–Crippen LogP) is 4.32. The Morgan fingerprint density at radius 1 is 1.23 bits per heavy atom. The number of aromatic nitrogens is 2. The summed E-state index contributed by atoms with van der Waals surface area (Å²) in [5.41, 5.74) is 2.57. The number of nitrogens with one attached hydrogen (secondary N) is 1. The van der Waals surface area contributed by atoms with Gasteiger partial charge in [0.1, 0.15) is 11.7 Å². The minimum absolute atomic E-state index is 0.0242. The highest BCUT2D eigenvalue weighted by Crippen LogP contribution is 2.28. The average Bonchev–Trinajstić information content (AvgIpc) is 3.39. The topological polar surface area (TPSA) is 109 Å². The average molecular weight is 564 g/mol. The van der Waals surface area contributed by atoms with Crippen LogP contribution in [0.4, 0.5) is 8.78 Å². The summed E-state index contributed by atoms with van der Waals surface area (Å²) < 4.78 is 30.6. The zero-order valence-electron chi connectivity index (χ0n) is 21.3. The van der Waals surface area contributed by atoms with E-state index < -0.39 is 29.7 Å². The molecule has 2 heterocycles. The SMILES string of the molecule is CC1=C2C(=O)N=C([C@@H](CNC(=O)c3ccc(-n4cnc(CCO)c4)cc3Cl)c3cccc(F)c3)N=C2C(F)C=C1. The lowest BCUT2D eigenvalue weighted by molar-refractivity contribution is -0.114. The summed E-state index contributed by atoms with van der Waals surface area (Å²) in [4.78, 5) is 38.7. The number of rotatable bonds is 8. The molecule has 1 unspecified atom stereocenters. The lowest BCUT2D eigenvalue weighted by Gasteiger charge is -2.24. The molecular formula is C29H24ClF2N5O3. The third-order valence-corrected chi connectivity index (χ3v) is 6.93. The van der Waals surface area contributed by atoms with Gasteiger partial charge in [0.15, 0.2) is 6.17 Å². The number of alkyl halides is 1. The van der Waals surface area contributed by atoms with Crippen LogP contribution in [0.15, 0.2) is 88.3 Å². The first-order valence-corrected chi connectivity index (χ1v) is 12.8. The van der Waals surface area contributed by atoms with E-state index in [1.54, 1.807) is 48.3 Å². The number of carbonyl (C=O) groups excluding carboxylic acids is 2. The molecule has 2 N–H and O–H groups in total. The van der Waals surface area contributed by atoms with Crippen LogP contribution in [0.5, 0.6) is 0 Å². The minimum Gasteiger partial charge on any atom is -0.396 e. The highest BCUT2D eigenvalue weighted by molar-refractivity contribution is 6.34. The zero-order valence-corrected chi connectivity index (χ0v) is 22.1. The van der Waals surface area contributed by atoms with Gasteiger partial charge in [-0.25, -0.2) is 18.8 Å². The summed E-state index contributed by atoms with van der Waals surface area (Å²) in [7, 11) is 0. The van der Waals surface area contributed by atoms with Gasteiger partial charge in [0.05, 0.1) is 39.8 Å². The largest absolute Gasteiger partial charge is 0.396 e. The highest BCUT2D eigenvalue weighted by Gasteiger charge is 2.34. The maximum Gasteiger partial charge on any atom is 0.280 e. The van der Waals surface area contributed by atoms with Gasteiger partial charge in [-0.05, 0) is 54.5 Å². The number of aliphatic hydroxyl groups excluding tert-OH is 1. The Morgan fingerprint density at radius 2 is 2.05 bits per heavy atom. The fraction of sp³-hybridized carbons (Fsp3) is 0.207. The fourth-order valence-corrected chi connectivity index (χ4v) is 4.83. The van der Waals surface area contributed by atoms with Gasteiger partial charge in [0, 0.05) is 31.5 Å². The Morgan fingerprint density at radius 3 is 2.80 bits per heavy atom. The Hall–Kier alpha value is -4.28. The Kier molecular flexibility index (Phi) is 7.81. The molecule has 1 aromatic heterocycles. The monoisotopic (exact) mass is 563 g/mol. The van der Waals surface area contributed by atoms with E-state index in [0.29, 0.717) is 28.9 Å². The minimum atomic E-state index is -1.59. The quantitative estimate of drug-likeness (QED) is 0.425. The van der Waals surface area contributed by atoms with E-state index in [2.05, 4.69) is 20.3 Å². The van der Waals surface area contributed by atoms with Crippen molar-refractivity contribution in [2.75, 3.05) is 13.2 Å². The molecule has 0 saturated carbocycles. The van der Waals surface area contributed by atoms with Crippen molar-refractivity contribution in [3.8, 4) is 5.69 Å². The number of halogens is 3. The summed E-state index contributed by atoms with van der Waals surface area (Å²) in [5.74, 6) is -2.55. The summed E-state index contributed by atoms with van der Waals surface area (Å²) in [6.07, 6.45) is 4.97. The van der Waals surface area contributed by atoms with Gasteiger partial charge in [0.25, 0.3) is 11.8 Å². The Balaban J connectivity index is 1.40. The fourth-order valence-electron chi connectivity index (χ4n) is 4.57. The van der Waals surface area contributed by atoms with E-state index in [-0.39, 0.29) is 40.9 Å². The molecule has 204 valence electrons. The number of amides is 2. The van der Waals surface area contributed by atoms with Gasteiger partial charge in [-0.15, -0.1) is 0 Å². The maximum absolute atomic E-state index is 14.7. The van der Waals surface area contributed by atoms with Gasteiger partial charge in [-0.3, -0.25) is 9.59 Å². The zero-order chi connectivity index (χ0) is 28.4. The molecule has 0 saturated heterocycles. The molecule has 2 aromatic carbocycles. The summed E-state index contributed by atoms with van der Waals surface area (Å²) >= 11 is 6.44. The van der Waals surface area contributed by atoms with Crippen molar-refractivity contribution >= 4 is 35.0 Å². The predicted molar refractivity (Wildman–Crippen MR) is 147 cm³/mol. The molecule has 3 aromatic rings. The first-order chi connectivity index (χ1) is 19.2. The molecule has 2 atom stereocenters. The first kappa shape index (κ1) is 27.3. The Bertz CT molecular complexity index is 1630. The second kappa shape index (κ2) is 11.4. The van der Waals surface area contributed by atoms with E-state index >= 15 is 0 Å². The Labute approximate surface area is 233 Å². The van der Waals surface area contributed by atoms with E-state index in [4.69, 9.17) is 16.7 Å². The standard InChI is InChI=1S/C29H24ClF2N5O3/c1-16-5-8-24(32)26-25(16)29(40)36-27(35-26)22(17-3-2-4-18(31)11-17)13-33-28(39)21-7-6-20(12-23(21)30)37-14-19(9-10-38)34-15-37/h2-8,11-12,14-15,22,24,38H,9-10,13H2,1H3,(H,33,39)/t22-,24?/m0/s1. The summed E-state index contributed by atoms with van der Waals surface area (Å²) in [6.45, 7) is 1.54.